The maximum Gasteiger partial charge on any atom is 0.243 e. The van der Waals surface area contributed by atoms with Crippen molar-refractivity contribution in [1.29, 1.82) is 0 Å². The van der Waals surface area contributed by atoms with Crippen LogP contribution in [0.1, 0.15) is 32.2 Å². The van der Waals surface area contributed by atoms with Gasteiger partial charge in [0.15, 0.2) is 0 Å². The van der Waals surface area contributed by atoms with Crippen LogP contribution in [0, 0.1) is 0 Å². The molecule has 0 saturated carbocycles. The van der Waals surface area contributed by atoms with Gasteiger partial charge in [-0.3, -0.25) is 4.68 Å². The standard InChI is InChI=1S/C13H24N4O3S/c1-2-5-14-6-7-16-21(18,19)13-10-15-17(11-13)12-3-8-20-9-4-12/h10-12,14,16H,2-9H2,1H3. The van der Waals surface area contributed by atoms with Crippen molar-refractivity contribution in [1.82, 2.24) is 19.8 Å². The summed E-state index contributed by atoms with van der Waals surface area (Å²) in [7, 11) is -3.47. The van der Waals surface area contributed by atoms with Crippen LogP contribution >= 0.6 is 0 Å². The molecule has 0 unspecified atom stereocenters. The average molecular weight is 316 g/mol. The van der Waals surface area contributed by atoms with Crippen LogP contribution < -0.4 is 10.0 Å². The van der Waals surface area contributed by atoms with Crippen molar-refractivity contribution < 1.29 is 13.2 Å². The van der Waals surface area contributed by atoms with E-state index in [2.05, 4.69) is 22.1 Å². The lowest BCUT2D eigenvalue weighted by atomic mass is 10.1. The van der Waals surface area contributed by atoms with Crippen LogP contribution in [0.2, 0.25) is 0 Å². The van der Waals surface area contributed by atoms with Crippen LogP contribution in [0.4, 0.5) is 0 Å². The fourth-order valence-corrected chi connectivity index (χ4v) is 3.24. The van der Waals surface area contributed by atoms with Gasteiger partial charge in [0.1, 0.15) is 4.90 Å². The van der Waals surface area contributed by atoms with Crippen LogP contribution in [0.3, 0.4) is 0 Å². The van der Waals surface area contributed by atoms with Gasteiger partial charge in [-0.25, -0.2) is 13.1 Å². The van der Waals surface area contributed by atoms with E-state index in [1.54, 1.807) is 10.9 Å². The molecule has 0 aliphatic carbocycles. The molecule has 1 aliphatic heterocycles. The summed E-state index contributed by atoms with van der Waals surface area (Å²) in [5.41, 5.74) is 0. The molecular weight excluding hydrogens is 292 g/mol. The highest BCUT2D eigenvalue weighted by atomic mass is 32.2. The molecule has 0 aromatic carbocycles. The van der Waals surface area contributed by atoms with Gasteiger partial charge >= 0.3 is 0 Å². The summed E-state index contributed by atoms with van der Waals surface area (Å²) < 4.78 is 33.9. The Bertz CT molecular complexity index is 523. The van der Waals surface area contributed by atoms with Crippen molar-refractivity contribution in [2.24, 2.45) is 0 Å². The molecule has 2 N–H and O–H groups in total. The Balaban J connectivity index is 1.89. The zero-order valence-corrected chi connectivity index (χ0v) is 13.2. The number of nitrogens with one attached hydrogen (secondary N) is 2. The maximum atomic E-state index is 12.1. The smallest absolute Gasteiger partial charge is 0.243 e. The van der Waals surface area contributed by atoms with Gasteiger partial charge < -0.3 is 10.1 Å². The molecule has 7 nitrogen and oxygen atoms in total. The van der Waals surface area contributed by atoms with Crippen LogP contribution in [0.15, 0.2) is 17.3 Å². The largest absolute Gasteiger partial charge is 0.381 e. The number of rotatable bonds is 8. The maximum absolute atomic E-state index is 12.1. The Labute approximate surface area is 126 Å². The van der Waals surface area contributed by atoms with Crippen LogP contribution in [-0.4, -0.2) is 51.0 Å². The second-order valence-electron chi connectivity index (χ2n) is 5.15. The molecule has 0 radical (unpaired) electrons. The van der Waals surface area contributed by atoms with Gasteiger partial charge in [-0.2, -0.15) is 5.10 Å². The molecule has 120 valence electrons. The number of hydrogen-bond donors (Lipinski definition) is 2. The molecule has 1 saturated heterocycles. The zero-order valence-electron chi connectivity index (χ0n) is 12.4. The van der Waals surface area contributed by atoms with E-state index in [1.807, 2.05) is 0 Å². The molecule has 1 fully saturated rings. The van der Waals surface area contributed by atoms with Crippen LogP contribution in [-0.2, 0) is 14.8 Å². The highest BCUT2D eigenvalue weighted by Crippen LogP contribution is 2.21. The summed E-state index contributed by atoms with van der Waals surface area (Å²) >= 11 is 0. The Kier molecular flexibility index (Phi) is 6.16. The lowest BCUT2D eigenvalue weighted by Gasteiger charge is -2.22. The first-order valence-corrected chi connectivity index (χ1v) is 8.94. The minimum atomic E-state index is -3.47. The van der Waals surface area contributed by atoms with E-state index in [1.165, 1.54) is 6.20 Å². The van der Waals surface area contributed by atoms with E-state index in [9.17, 15) is 8.42 Å². The van der Waals surface area contributed by atoms with Crippen molar-refractivity contribution >= 4 is 10.0 Å². The van der Waals surface area contributed by atoms with Crippen molar-refractivity contribution in [2.45, 2.75) is 37.1 Å². The molecule has 0 amide bonds. The number of nitrogens with zero attached hydrogens (tertiary/aromatic N) is 2. The van der Waals surface area contributed by atoms with Gasteiger partial charge in [-0.15, -0.1) is 0 Å². The Hall–Kier alpha value is -0.960. The number of hydrogen-bond acceptors (Lipinski definition) is 5. The van der Waals surface area contributed by atoms with Crippen molar-refractivity contribution in [3.63, 3.8) is 0 Å². The quantitative estimate of drug-likeness (QED) is 0.683. The van der Waals surface area contributed by atoms with Gasteiger partial charge in [-0.05, 0) is 25.8 Å². The first kappa shape index (κ1) is 16.4. The molecule has 21 heavy (non-hydrogen) atoms. The SMILES string of the molecule is CCCNCCNS(=O)(=O)c1cnn(C2CCOCC2)c1. The molecule has 0 spiro atoms. The third-order valence-electron chi connectivity index (χ3n) is 3.47. The normalized spacial score (nSPS) is 17.2. The fourth-order valence-electron chi connectivity index (χ4n) is 2.27. The van der Waals surface area contributed by atoms with E-state index >= 15 is 0 Å². The van der Waals surface area contributed by atoms with Crippen molar-refractivity contribution in [3.8, 4) is 0 Å². The molecule has 1 aromatic heterocycles. The van der Waals surface area contributed by atoms with Gasteiger partial charge in [-0.1, -0.05) is 6.92 Å². The van der Waals surface area contributed by atoms with Crippen molar-refractivity contribution in [2.75, 3.05) is 32.8 Å². The van der Waals surface area contributed by atoms with E-state index < -0.39 is 10.0 Å². The summed E-state index contributed by atoms with van der Waals surface area (Å²) in [5, 5.41) is 7.34. The van der Waals surface area contributed by atoms with Gasteiger partial charge in [0.2, 0.25) is 10.0 Å². The molecule has 2 heterocycles. The first-order valence-electron chi connectivity index (χ1n) is 7.46. The summed E-state index contributed by atoms with van der Waals surface area (Å²) in [6.45, 7) is 5.37. The summed E-state index contributed by atoms with van der Waals surface area (Å²) in [6, 6.07) is 0.230. The van der Waals surface area contributed by atoms with Crippen LogP contribution in [0.25, 0.3) is 0 Å². The lowest BCUT2D eigenvalue weighted by Crippen LogP contribution is -2.32. The predicted octanol–water partition coefficient (Wildman–Crippen LogP) is 0.513. The minimum Gasteiger partial charge on any atom is -0.381 e. The Morgan fingerprint density at radius 2 is 2.10 bits per heavy atom. The second kappa shape index (κ2) is 7.88. The highest BCUT2D eigenvalue weighted by molar-refractivity contribution is 7.89. The molecular formula is C13H24N4O3S. The molecule has 8 heteroatoms. The summed E-state index contributed by atoms with van der Waals surface area (Å²) in [6.07, 6.45) is 5.80. The number of sulfonamides is 1. The number of aromatic nitrogens is 2. The third kappa shape index (κ3) is 4.77. The third-order valence-corrected chi connectivity index (χ3v) is 4.89. The first-order chi connectivity index (χ1) is 10.1. The fraction of sp³-hybridized carbons (Fsp3) is 0.769. The van der Waals surface area contributed by atoms with E-state index in [-0.39, 0.29) is 10.9 Å². The molecule has 1 aliphatic rings. The number of ether oxygens (including phenoxy) is 1. The molecule has 2 rings (SSSR count). The summed E-state index contributed by atoms with van der Waals surface area (Å²) in [5.74, 6) is 0. The monoisotopic (exact) mass is 316 g/mol. The topological polar surface area (TPSA) is 85.3 Å². The van der Waals surface area contributed by atoms with Gasteiger partial charge in [0, 0.05) is 32.5 Å². The van der Waals surface area contributed by atoms with E-state index in [0.717, 1.165) is 25.8 Å². The zero-order chi connectivity index (χ0) is 15.1. The average Bonchev–Trinajstić information content (AvgIpc) is 2.99. The predicted molar refractivity (Wildman–Crippen MR) is 79.7 cm³/mol. The molecule has 0 atom stereocenters. The highest BCUT2D eigenvalue weighted by Gasteiger charge is 2.20. The van der Waals surface area contributed by atoms with E-state index in [4.69, 9.17) is 4.74 Å². The van der Waals surface area contributed by atoms with Gasteiger partial charge in [0.05, 0.1) is 12.2 Å². The minimum absolute atomic E-state index is 0.226. The van der Waals surface area contributed by atoms with Crippen molar-refractivity contribution in [3.05, 3.63) is 12.4 Å². The molecule has 0 bridgehead atoms. The van der Waals surface area contributed by atoms with Gasteiger partial charge in [0.25, 0.3) is 0 Å². The Morgan fingerprint density at radius 1 is 1.33 bits per heavy atom. The summed E-state index contributed by atoms with van der Waals surface area (Å²) in [4.78, 5) is 0.226. The Morgan fingerprint density at radius 3 is 2.81 bits per heavy atom. The second-order valence-corrected chi connectivity index (χ2v) is 6.91. The van der Waals surface area contributed by atoms with Crippen LogP contribution in [0.5, 0.6) is 0 Å². The lowest BCUT2D eigenvalue weighted by molar-refractivity contribution is 0.0662. The van der Waals surface area contributed by atoms with E-state index in [0.29, 0.717) is 26.3 Å². The molecule has 1 aromatic rings.